The van der Waals surface area contributed by atoms with Gasteiger partial charge in [0.25, 0.3) is 0 Å². The zero-order valence-electron chi connectivity index (χ0n) is 21.4. The quantitative estimate of drug-likeness (QED) is 0.339. The Hall–Kier alpha value is -2.56. The number of esters is 3. The van der Waals surface area contributed by atoms with E-state index in [4.69, 9.17) is 18.9 Å². The molecule has 0 aromatic rings. The Morgan fingerprint density at radius 3 is 2.58 bits per heavy atom. The Balaban J connectivity index is 1.45. The van der Waals surface area contributed by atoms with Crippen LogP contribution >= 0.6 is 0 Å². The van der Waals surface area contributed by atoms with Crippen molar-refractivity contribution in [3.63, 3.8) is 0 Å². The van der Waals surface area contributed by atoms with Crippen LogP contribution in [0.1, 0.15) is 46.5 Å². The summed E-state index contributed by atoms with van der Waals surface area (Å²) in [4.78, 5) is 54.9. The number of carbonyl (C=O) groups excluding carboxylic acids is 4. The molecule has 10 nitrogen and oxygen atoms in total. The van der Waals surface area contributed by atoms with Crippen molar-refractivity contribution in [2.75, 3.05) is 6.61 Å². The van der Waals surface area contributed by atoms with Gasteiger partial charge in [0, 0.05) is 12.3 Å². The molecule has 2 N–H and O–H groups in total. The van der Waals surface area contributed by atoms with Gasteiger partial charge in [0.2, 0.25) is 11.2 Å². The SMILES string of the molecule is C[C@]12C(=O)C[C@@H](O)C=C1C=C[C@@H]1[C@@H]2CC[C@@]2(O)C(=O)O[C@@]3(C)[C@@H]4C[C@]5(C)[C@@H]6[C@]1(OC[C@H]5C(=O)O4)C(=O)O[C@]623. The zero-order valence-corrected chi connectivity index (χ0v) is 21.4. The molecular formula is C28H30O10. The van der Waals surface area contributed by atoms with Gasteiger partial charge in [0.05, 0.1) is 30.0 Å². The molecule has 202 valence electrons. The smallest absolute Gasteiger partial charge is 0.343 e. The van der Waals surface area contributed by atoms with Crippen LogP contribution in [0.25, 0.3) is 0 Å². The fraction of sp³-hybridized carbons (Fsp3) is 0.714. The third kappa shape index (κ3) is 1.98. The summed E-state index contributed by atoms with van der Waals surface area (Å²) in [7, 11) is 0. The van der Waals surface area contributed by atoms with Gasteiger partial charge in [0.1, 0.15) is 11.9 Å². The molecule has 0 aromatic carbocycles. The molecule has 4 aliphatic heterocycles. The van der Waals surface area contributed by atoms with E-state index < -0.39 is 87.0 Å². The van der Waals surface area contributed by atoms with E-state index in [0.717, 1.165) is 0 Å². The Morgan fingerprint density at radius 1 is 1.05 bits per heavy atom. The topological polar surface area (TPSA) is 146 Å². The molecule has 12 atom stereocenters. The zero-order chi connectivity index (χ0) is 26.8. The van der Waals surface area contributed by atoms with E-state index in [9.17, 15) is 29.4 Å². The highest BCUT2D eigenvalue weighted by Crippen LogP contribution is 2.76. The van der Waals surface area contributed by atoms with Crippen molar-refractivity contribution >= 4 is 23.7 Å². The molecule has 0 unspecified atom stereocenters. The van der Waals surface area contributed by atoms with Gasteiger partial charge < -0.3 is 29.2 Å². The Kier molecular flexibility index (Phi) is 3.84. The van der Waals surface area contributed by atoms with E-state index >= 15 is 0 Å². The molecule has 4 aliphatic carbocycles. The summed E-state index contributed by atoms with van der Waals surface area (Å²) < 4.78 is 24.5. The number of hydrogen-bond donors (Lipinski definition) is 2. The molecule has 1 spiro atoms. The largest absolute Gasteiger partial charge is 0.458 e. The molecule has 6 fully saturated rings. The number of ketones is 1. The Bertz CT molecular complexity index is 1330. The predicted molar refractivity (Wildman–Crippen MR) is 124 cm³/mol. The summed E-state index contributed by atoms with van der Waals surface area (Å²) >= 11 is 0. The Morgan fingerprint density at radius 2 is 1.82 bits per heavy atom. The van der Waals surface area contributed by atoms with E-state index in [1.54, 1.807) is 19.1 Å². The number of rotatable bonds is 0. The molecule has 4 bridgehead atoms. The first-order chi connectivity index (χ1) is 17.8. The minimum absolute atomic E-state index is 0.0690. The number of aliphatic hydroxyl groups excluding tert-OH is 1. The molecule has 8 aliphatic rings. The lowest BCUT2D eigenvalue weighted by Crippen LogP contribution is -2.82. The van der Waals surface area contributed by atoms with Crippen molar-refractivity contribution in [3.8, 4) is 0 Å². The van der Waals surface area contributed by atoms with Gasteiger partial charge in [-0.3, -0.25) is 9.59 Å². The van der Waals surface area contributed by atoms with Crippen LogP contribution in [0.4, 0.5) is 0 Å². The van der Waals surface area contributed by atoms with Gasteiger partial charge in [0.15, 0.2) is 11.2 Å². The third-order valence-electron chi connectivity index (χ3n) is 12.0. The molecule has 8 rings (SSSR count). The molecular weight excluding hydrogens is 496 g/mol. The summed E-state index contributed by atoms with van der Waals surface area (Å²) in [6, 6.07) is 0. The van der Waals surface area contributed by atoms with Crippen LogP contribution < -0.4 is 0 Å². The van der Waals surface area contributed by atoms with Gasteiger partial charge in [-0.15, -0.1) is 0 Å². The fourth-order valence-electron chi connectivity index (χ4n) is 10.3. The van der Waals surface area contributed by atoms with E-state index in [0.29, 0.717) is 12.0 Å². The summed E-state index contributed by atoms with van der Waals surface area (Å²) in [6.45, 7) is 5.21. The second kappa shape index (κ2) is 6.26. The van der Waals surface area contributed by atoms with Crippen LogP contribution in [0.5, 0.6) is 0 Å². The predicted octanol–water partition coefficient (Wildman–Crippen LogP) is 0.528. The number of aliphatic hydroxyl groups is 2. The molecule has 2 saturated carbocycles. The highest BCUT2D eigenvalue weighted by atomic mass is 16.7. The second-order valence-corrected chi connectivity index (χ2v) is 13.3. The maximum Gasteiger partial charge on any atom is 0.343 e. The lowest BCUT2D eigenvalue weighted by atomic mass is 9.39. The van der Waals surface area contributed by atoms with Crippen molar-refractivity contribution in [2.24, 2.45) is 34.5 Å². The summed E-state index contributed by atoms with van der Waals surface area (Å²) in [5.74, 6) is -5.13. The van der Waals surface area contributed by atoms with Crippen LogP contribution in [0.15, 0.2) is 23.8 Å². The molecule has 4 saturated heterocycles. The lowest BCUT2D eigenvalue weighted by Gasteiger charge is -2.67. The summed E-state index contributed by atoms with van der Waals surface area (Å²) in [6.07, 6.45) is 3.83. The molecule has 38 heavy (non-hydrogen) atoms. The first-order valence-corrected chi connectivity index (χ1v) is 13.5. The van der Waals surface area contributed by atoms with Gasteiger partial charge in [-0.25, -0.2) is 9.59 Å². The van der Waals surface area contributed by atoms with Crippen molar-refractivity contribution < 1.29 is 48.3 Å². The van der Waals surface area contributed by atoms with Crippen LogP contribution in [-0.2, 0) is 38.1 Å². The summed E-state index contributed by atoms with van der Waals surface area (Å²) in [5, 5.41) is 22.7. The number of hydrogen-bond acceptors (Lipinski definition) is 10. The number of allylic oxidation sites excluding steroid dienone is 2. The number of carbonyl (C=O) groups is 4. The molecule has 0 aromatic heterocycles. The monoisotopic (exact) mass is 526 g/mol. The summed E-state index contributed by atoms with van der Waals surface area (Å²) in [5.41, 5.74) is -8.70. The van der Waals surface area contributed by atoms with E-state index in [2.05, 4.69) is 0 Å². The van der Waals surface area contributed by atoms with Gasteiger partial charge >= 0.3 is 17.9 Å². The van der Waals surface area contributed by atoms with Crippen LogP contribution in [0, 0.1) is 34.5 Å². The normalized spacial score (nSPS) is 59.0. The van der Waals surface area contributed by atoms with Crippen molar-refractivity contribution in [1.82, 2.24) is 0 Å². The van der Waals surface area contributed by atoms with Crippen molar-refractivity contribution in [2.45, 2.75) is 81.1 Å². The van der Waals surface area contributed by atoms with Gasteiger partial charge in [-0.05, 0) is 50.0 Å². The van der Waals surface area contributed by atoms with Crippen molar-refractivity contribution in [3.05, 3.63) is 23.8 Å². The van der Waals surface area contributed by atoms with E-state index in [1.165, 1.54) is 0 Å². The molecule has 4 heterocycles. The maximum absolute atomic E-state index is 14.4. The standard InChI is InChI=1S/C28H30O10/c1-23-10-18-25(3)28-20(23)27(22(33)38-28,35-11-16(23)19(31)36-18)15-5-4-12-8-13(29)9-17(30)24(12,2)14(15)6-7-26(28,34)21(32)37-25/h4-5,8,13-16,18,20,29,34H,6-7,9-11H2,1-3H3/t13-,14-,15+,16-,18-,20+,23-,24-,25-,26+,27-,28-/m0/s1. The lowest BCUT2D eigenvalue weighted by molar-refractivity contribution is -0.329. The van der Waals surface area contributed by atoms with Crippen LogP contribution in [0.2, 0.25) is 0 Å². The highest BCUT2D eigenvalue weighted by Gasteiger charge is 2.95. The Labute approximate surface area is 218 Å². The number of Topliss-reactive ketones (excluding diaryl/α,β-unsaturated/α-hetero) is 1. The number of ether oxygens (including phenoxy) is 4. The first kappa shape index (κ1) is 23.3. The van der Waals surface area contributed by atoms with Crippen LogP contribution in [-0.4, -0.2) is 75.1 Å². The molecule has 10 heteroatoms. The highest BCUT2D eigenvalue weighted by molar-refractivity contribution is 5.95. The third-order valence-corrected chi connectivity index (χ3v) is 12.0. The van der Waals surface area contributed by atoms with E-state index in [1.807, 2.05) is 19.9 Å². The average molecular weight is 527 g/mol. The second-order valence-electron chi connectivity index (χ2n) is 13.3. The maximum atomic E-state index is 14.4. The van der Waals surface area contributed by atoms with Crippen LogP contribution in [0.3, 0.4) is 0 Å². The minimum Gasteiger partial charge on any atom is -0.458 e. The average Bonchev–Trinajstić information content (AvgIpc) is 3.22. The number of fused-ring (bicyclic) bond motifs is 5. The van der Waals surface area contributed by atoms with Gasteiger partial charge in [-0.2, -0.15) is 0 Å². The molecule has 0 amide bonds. The molecule has 0 radical (unpaired) electrons. The van der Waals surface area contributed by atoms with Gasteiger partial charge in [-0.1, -0.05) is 25.2 Å². The van der Waals surface area contributed by atoms with E-state index in [-0.39, 0.29) is 31.7 Å². The first-order valence-electron chi connectivity index (χ1n) is 13.5. The van der Waals surface area contributed by atoms with Crippen molar-refractivity contribution in [1.29, 1.82) is 0 Å². The fourth-order valence-corrected chi connectivity index (χ4v) is 10.3. The minimum atomic E-state index is -2.23.